The zero-order chi connectivity index (χ0) is 8.55. The standard InChI is InChI=1S/C2H2N8O2.H3N/c11-9-1(3-5-7-9)2-4-6-8-10(2)12;/h11-12H;1H3. The van der Waals surface area contributed by atoms with Crippen LogP contribution in [0.15, 0.2) is 0 Å². The molecule has 0 unspecified atom stereocenters. The molecule has 0 spiro atoms. The van der Waals surface area contributed by atoms with Crippen molar-refractivity contribution in [3.05, 3.63) is 0 Å². The highest BCUT2D eigenvalue weighted by atomic mass is 16.5. The summed E-state index contributed by atoms with van der Waals surface area (Å²) in [6, 6.07) is 0. The van der Waals surface area contributed by atoms with Crippen molar-refractivity contribution in [3.8, 4) is 11.6 Å². The minimum Gasteiger partial charge on any atom is -0.409 e. The Bertz CT molecular complexity index is 351. The summed E-state index contributed by atoms with van der Waals surface area (Å²) in [5, 5.41) is 36.9. The highest BCUT2D eigenvalue weighted by molar-refractivity contribution is 5.39. The molecule has 70 valence electrons. The minimum absolute atomic E-state index is 0. The molecule has 0 fully saturated rings. The van der Waals surface area contributed by atoms with Gasteiger partial charge in [0.2, 0.25) is 0 Å². The maximum atomic E-state index is 8.91. The molecular weight excluding hydrogens is 182 g/mol. The predicted molar refractivity (Wildman–Crippen MR) is 34.0 cm³/mol. The molecule has 0 aliphatic rings. The molecular formula is C2H5N9O2. The van der Waals surface area contributed by atoms with Crippen LogP contribution >= 0.6 is 0 Å². The number of nitrogens with zero attached hydrogens (tertiary/aromatic N) is 8. The minimum atomic E-state index is -0.150. The molecule has 0 saturated carbocycles. The molecule has 0 aliphatic carbocycles. The fraction of sp³-hybridized carbons (Fsp3) is 0. The van der Waals surface area contributed by atoms with Gasteiger partial charge >= 0.3 is 0 Å². The van der Waals surface area contributed by atoms with E-state index in [2.05, 4.69) is 31.1 Å². The van der Waals surface area contributed by atoms with Gasteiger partial charge in [-0.3, -0.25) is 0 Å². The third-order valence-corrected chi connectivity index (χ3v) is 1.11. The zero-order valence-electron chi connectivity index (χ0n) is 6.18. The first kappa shape index (κ1) is 8.79. The van der Waals surface area contributed by atoms with Crippen LogP contribution in [0.3, 0.4) is 0 Å². The van der Waals surface area contributed by atoms with Gasteiger partial charge in [0.05, 0.1) is 0 Å². The van der Waals surface area contributed by atoms with Gasteiger partial charge in [0.15, 0.2) is 0 Å². The van der Waals surface area contributed by atoms with E-state index in [1.165, 1.54) is 0 Å². The number of tetrazole rings is 2. The molecule has 2 aromatic rings. The average Bonchev–Trinajstić information content (AvgIpc) is 2.59. The summed E-state index contributed by atoms with van der Waals surface area (Å²) in [6.07, 6.45) is 0. The third kappa shape index (κ3) is 1.22. The van der Waals surface area contributed by atoms with Crippen LogP contribution in [-0.4, -0.2) is 51.2 Å². The van der Waals surface area contributed by atoms with Crippen molar-refractivity contribution >= 4 is 0 Å². The Labute approximate surface area is 70.1 Å². The summed E-state index contributed by atoms with van der Waals surface area (Å²) in [7, 11) is 0. The lowest BCUT2D eigenvalue weighted by molar-refractivity contribution is 0.131. The molecule has 0 atom stereocenters. The lowest BCUT2D eigenvalue weighted by atomic mass is 10.6. The van der Waals surface area contributed by atoms with E-state index in [-0.39, 0.29) is 17.8 Å². The van der Waals surface area contributed by atoms with Crippen LogP contribution in [0.5, 0.6) is 0 Å². The molecule has 2 rings (SSSR count). The van der Waals surface area contributed by atoms with Crippen molar-refractivity contribution in [1.82, 2.24) is 46.9 Å². The normalized spacial score (nSPS) is 9.54. The Morgan fingerprint density at radius 2 is 1.23 bits per heavy atom. The van der Waals surface area contributed by atoms with Gasteiger partial charge in [0.1, 0.15) is 0 Å². The summed E-state index contributed by atoms with van der Waals surface area (Å²) >= 11 is 0. The highest BCUT2D eigenvalue weighted by Crippen LogP contribution is 2.06. The molecule has 0 radical (unpaired) electrons. The quantitative estimate of drug-likeness (QED) is 0.426. The smallest absolute Gasteiger partial charge is 0.264 e. The van der Waals surface area contributed by atoms with E-state index >= 15 is 0 Å². The third-order valence-electron chi connectivity index (χ3n) is 1.11. The first-order chi connectivity index (χ1) is 5.79. The molecule has 5 N–H and O–H groups in total. The molecule has 0 aliphatic heterocycles. The van der Waals surface area contributed by atoms with Gasteiger partial charge in [-0.15, -0.1) is 10.2 Å². The van der Waals surface area contributed by atoms with Crippen LogP contribution in [0, 0.1) is 0 Å². The largest absolute Gasteiger partial charge is 0.409 e. The molecule has 0 saturated heterocycles. The number of aromatic nitrogens is 8. The zero-order valence-corrected chi connectivity index (χ0v) is 6.18. The van der Waals surface area contributed by atoms with Crippen molar-refractivity contribution in [2.75, 3.05) is 0 Å². The summed E-state index contributed by atoms with van der Waals surface area (Å²) < 4.78 is 0. The molecule has 0 bridgehead atoms. The highest BCUT2D eigenvalue weighted by Gasteiger charge is 2.15. The Balaban J connectivity index is 0.000000845. The number of hydrogen-bond acceptors (Lipinski definition) is 9. The number of rotatable bonds is 1. The van der Waals surface area contributed by atoms with Crippen LogP contribution in [0.1, 0.15) is 0 Å². The summed E-state index contributed by atoms with van der Waals surface area (Å²) in [5.41, 5.74) is 0. The maximum absolute atomic E-state index is 8.91. The van der Waals surface area contributed by atoms with E-state index in [9.17, 15) is 0 Å². The van der Waals surface area contributed by atoms with Crippen molar-refractivity contribution in [3.63, 3.8) is 0 Å². The fourth-order valence-corrected chi connectivity index (χ4v) is 0.634. The van der Waals surface area contributed by atoms with E-state index in [4.69, 9.17) is 10.4 Å². The molecule has 11 nitrogen and oxygen atoms in total. The van der Waals surface area contributed by atoms with Crippen molar-refractivity contribution in [2.45, 2.75) is 0 Å². The Morgan fingerprint density at radius 1 is 0.846 bits per heavy atom. The van der Waals surface area contributed by atoms with Crippen molar-refractivity contribution < 1.29 is 10.4 Å². The van der Waals surface area contributed by atoms with E-state index in [1.54, 1.807) is 0 Å². The van der Waals surface area contributed by atoms with Gasteiger partial charge in [0, 0.05) is 0 Å². The summed E-state index contributed by atoms with van der Waals surface area (Å²) in [4.78, 5) is 0.691. The van der Waals surface area contributed by atoms with E-state index < -0.39 is 0 Å². The van der Waals surface area contributed by atoms with Gasteiger partial charge in [-0.1, -0.05) is 9.69 Å². The van der Waals surface area contributed by atoms with E-state index in [0.717, 1.165) is 0 Å². The van der Waals surface area contributed by atoms with Gasteiger partial charge in [-0.05, 0) is 20.9 Å². The van der Waals surface area contributed by atoms with Gasteiger partial charge in [0.25, 0.3) is 11.6 Å². The topological polar surface area (TPSA) is 163 Å². The lowest BCUT2D eigenvalue weighted by Crippen LogP contribution is -2.03. The van der Waals surface area contributed by atoms with Crippen LogP contribution < -0.4 is 6.15 Å². The predicted octanol–water partition coefficient (Wildman–Crippen LogP) is -2.04. The second-order valence-electron chi connectivity index (χ2n) is 1.78. The average molecular weight is 187 g/mol. The van der Waals surface area contributed by atoms with Crippen LogP contribution in [-0.2, 0) is 0 Å². The molecule has 2 heterocycles. The molecule has 2 aromatic heterocycles. The molecule has 0 amide bonds. The molecule has 13 heavy (non-hydrogen) atoms. The van der Waals surface area contributed by atoms with Gasteiger partial charge in [-0.2, -0.15) is 0 Å². The number of hydrogen-bond donors (Lipinski definition) is 3. The fourth-order valence-electron chi connectivity index (χ4n) is 0.634. The monoisotopic (exact) mass is 187 g/mol. The first-order valence-electron chi connectivity index (χ1n) is 2.74. The Morgan fingerprint density at radius 3 is 1.46 bits per heavy atom. The van der Waals surface area contributed by atoms with Gasteiger partial charge < -0.3 is 16.6 Å². The van der Waals surface area contributed by atoms with Crippen LogP contribution in [0.2, 0.25) is 0 Å². The second kappa shape index (κ2) is 2.98. The summed E-state index contributed by atoms with van der Waals surface area (Å²) in [6.45, 7) is 0. The Hall–Kier alpha value is -2.30. The molecule has 11 heteroatoms. The van der Waals surface area contributed by atoms with Gasteiger partial charge in [-0.25, -0.2) is 0 Å². The SMILES string of the molecule is N.On1nnnc1-c1nnnn1O. The maximum Gasteiger partial charge on any atom is 0.264 e. The second-order valence-corrected chi connectivity index (χ2v) is 1.78. The van der Waals surface area contributed by atoms with E-state index in [1.807, 2.05) is 0 Å². The van der Waals surface area contributed by atoms with Crippen molar-refractivity contribution in [2.24, 2.45) is 0 Å². The van der Waals surface area contributed by atoms with E-state index in [0.29, 0.717) is 9.69 Å². The first-order valence-corrected chi connectivity index (χ1v) is 2.74. The van der Waals surface area contributed by atoms with Crippen LogP contribution in [0.4, 0.5) is 0 Å². The van der Waals surface area contributed by atoms with Crippen molar-refractivity contribution in [1.29, 1.82) is 0 Å². The summed E-state index contributed by atoms with van der Waals surface area (Å²) in [5.74, 6) is -0.301. The lowest BCUT2D eigenvalue weighted by Gasteiger charge is -1.91. The Kier molecular flexibility index (Phi) is 2.01. The molecule has 0 aromatic carbocycles. The van der Waals surface area contributed by atoms with Crippen LogP contribution in [0.25, 0.3) is 11.6 Å².